The Hall–Kier alpha value is -3.15. The van der Waals surface area contributed by atoms with Crippen molar-refractivity contribution in [2.75, 3.05) is 7.11 Å². The second-order valence-corrected chi connectivity index (χ2v) is 6.11. The minimum Gasteiger partial charge on any atom is -0.508 e. The third kappa shape index (κ3) is 2.21. The summed E-state index contributed by atoms with van der Waals surface area (Å²) in [5.41, 5.74) is 6.12. The van der Waals surface area contributed by atoms with Crippen molar-refractivity contribution < 1.29 is 9.84 Å². The molecule has 126 valence electrons. The number of benzene rings is 1. The number of fused-ring (bicyclic) bond motifs is 3. The Morgan fingerprint density at radius 1 is 1.08 bits per heavy atom. The molecule has 0 aliphatic carbocycles. The molecule has 4 rings (SSSR count). The van der Waals surface area contributed by atoms with Crippen LogP contribution in [-0.4, -0.2) is 31.6 Å². The first-order chi connectivity index (χ1) is 12.0. The Labute approximate surface area is 144 Å². The number of rotatable bonds is 2. The van der Waals surface area contributed by atoms with Gasteiger partial charge in [0.2, 0.25) is 0 Å². The highest BCUT2D eigenvalue weighted by atomic mass is 16.5. The van der Waals surface area contributed by atoms with Crippen molar-refractivity contribution in [3.8, 4) is 22.9 Å². The fourth-order valence-electron chi connectivity index (χ4n) is 3.30. The van der Waals surface area contributed by atoms with Gasteiger partial charge in [-0.05, 0) is 32.4 Å². The van der Waals surface area contributed by atoms with Crippen LogP contribution in [0.4, 0.5) is 0 Å². The molecule has 0 saturated heterocycles. The molecule has 6 nitrogen and oxygen atoms in total. The highest BCUT2D eigenvalue weighted by Crippen LogP contribution is 2.34. The Kier molecular flexibility index (Phi) is 3.35. The largest absolute Gasteiger partial charge is 0.508 e. The lowest BCUT2D eigenvalue weighted by Crippen LogP contribution is -2.00. The van der Waals surface area contributed by atoms with Gasteiger partial charge in [0.25, 0.3) is 0 Å². The second kappa shape index (κ2) is 5.44. The average molecular weight is 334 g/mol. The number of aromatic hydroxyl groups is 1. The van der Waals surface area contributed by atoms with Crippen LogP contribution in [0.5, 0.6) is 11.5 Å². The lowest BCUT2D eigenvalue weighted by atomic mass is 10.1. The van der Waals surface area contributed by atoms with Gasteiger partial charge >= 0.3 is 0 Å². The zero-order valence-electron chi connectivity index (χ0n) is 14.5. The normalized spacial score (nSPS) is 11.4. The van der Waals surface area contributed by atoms with E-state index in [-0.39, 0.29) is 5.75 Å². The molecule has 0 bridgehead atoms. The molecule has 3 aromatic heterocycles. The first kappa shape index (κ1) is 15.4. The molecule has 0 unspecified atom stereocenters. The maximum absolute atomic E-state index is 10.1. The van der Waals surface area contributed by atoms with Crippen LogP contribution in [0, 0.1) is 20.8 Å². The number of nitrogens with zero attached hydrogens (tertiary/aromatic N) is 4. The van der Waals surface area contributed by atoms with Crippen molar-refractivity contribution in [1.29, 1.82) is 0 Å². The van der Waals surface area contributed by atoms with Gasteiger partial charge in [-0.25, -0.2) is 9.97 Å². The standard InChI is InChI=1S/C19H18N4O2/c1-10-5-6-20-9-14(10)19-22-12(3)18-11(2)21-17-15(23(18)19)7-13(24)8-16(17)25-4/h5-9,24H,1-4H3. The highest BCUT2D eigenvalue weighted by molar-refractivity contribution is 5.89. The monoisotopic (exact) mass is 334 g/mol. The summed E-state index contributed by atoms with van der Waals surface area (Å²) in [5, 5.41) is 10.1. The number of phenolic OH excluding ortho intramolecular Hbond substituents is 1. The lowest BCUT2D eigenvalue weighted by Gasteiger charge is -2.12. The summed E-state index contributed by atoms with van der Waals surface area (Å²) < 4.78 is 7.45. The maximum Gasteiger partial charge on any atom is 0.150 e. The summed E-state index contributed by atoms with van der Waals surface area (Å²) in [7, 11) is 1.57. The predicted molar refractivity (Wildman–Crippen MR) is 96.2 cm³/mol. The third-order valence-corrected chi connectivity index (χ3v) is 4.45. The Balaban J connectivity index is 2.25. The molecule has 0 radical (unpaired) electrons. The van der Waals surface area contributed by atoms with E-state index in [9.17, 15) is 5.11 Å². The van der Waals surface area contributed by atoms with Crippen LogP contribution in [0.25, 0.3) is 27.9 Å². The van der Waals surface area contributed by atoms with Crippen LogP contribution >= 0.6 is 0 Å². The minimum absolute atomic E-state index is 0.122. The molecule has 1 aromatic carbocycles. The van der Waals surface area contributed by atoms with Crippen LogP contribution in [0.1, 0.15) is 17.0 Å². The third-order valence-electron chi connectivity index (χ3n) is 4.45. The van der Waals surface area contributed by atoms with Crippen molar-refractivity contribution in [3.05, 3.63) is 47.5 Å². The van der Waals surface area contributed by atoms with Crippen LogP contribution in [0.15, 0.2) is 30.6 Å². The molecule has 0 spiro atoms. The zero-order chi connectivity index (χ0) is 17.7. The van der Waals surface area contributed by atoms with Crippen molar-refractivity contribution in [2.24, 2.45) is 0 Å². The second-order valence-electron chi connectivity index (χ2n) is 6.11. The Bertz CT molecular complexity index is 1130. The topological polar surface area (TPSA) is 72.5 Å². The Morgan fingerprint density at radius 2 is 1.84 bits per heavy atom. The molecule has 1 N–H and O–H groups in total. The number of aromatic nitrogens is 4. The molecule has 3 heterocycles. The summed E-state index contributed by atoms with van der Waals surface area (Å²) >= 11 is 0. The number of aryl methyl sites for hydroxylation is 3. The Morgan fingerprint density at radius 3 is 2.56 bits per heavy atom. The number of ether oxygens (including phenoxy) is 1. The number of pyridine rings is 1. The van der Waals surface area contributed by atoms with E-state index in [1.54, 1.807) is 25.4 Å². The van der Waals surface area contributed by atoms with E-state index in [4.69, 9.17) is 14.7 Å². The van der Waals surface area contributed by atoms with Crippen molar-refractivity contribution >= 4 is 16.6 Å². The van der Waals surface area contributed by atoms with Gasteiger partial charge in [-0.3, -0.25) is 9.38 Å². The van der Waals surface area contributed by atoms with Crippen LogP contribution in [-0.2, 0) is 0 Å². The van der Waals surface area contributed by atoms with E-state index in [1.165, 1.54) is 0 Å². The molecule has 0 aliphatic rings. The minimum atomic E-state index is 0.122. The number of imidazole rings is 1. The maximum atomic E-state index is 10.1. The SMILES string of the molecule is COc1cc(O)cc2c1nc(C)c1c(C)nc(-c3cnccc3C)n12. The van der Waals surface area contributed by atoms with Gasteiger partial charge < -0.3 is 9.84 Å². The number of hydrogen-bond donors (Lipinski definition) is 1. The van der Waals surface area contributed by atoms with Crippen LogP contribution < -0.4 is 4.74 Å². The number of methoxy groups -OCH3 is 1. The van der Waals surface area contributed by atoms with E-state index in [0.717, 1.165) is 39.4 Å². The van der Waals surface area contributed by atoms with Gasteiger partial charge in [0.15, 0.2) is 0 Å². The molecule has 0 atom stereocenters. The highest BCUT2D eigenvalue weighted by Gasteiger charge is 2.19. The van der Waals surface area contributed by atoms with Crippen molar-refractivity contribution in [2.45, 2.75) is 20.8 Å². The van der Waals surface area contributed by atoms with Gasteiger partial charge in [-0.15, -0.1) is 0 Å². The fourth-order valence-corrected chi connectivity index (χ4v) is 3.30. The molecule has 0 saturated carbocycles. The molecule has 0 amide bonds. The average Bonchev–Trinajstić information content (AvgIpc) is 2.93. The summed E-state index contributed by atoms with van der Waals surface area (Å²) in [6.07, 6.45) is 3.58. The predicted octanol–water partition coefficient (Wildman–Crippen LogP) is 3.58. The van der Waals surface area contributed by atoms with Gasteiger partial charge in [-0.1, -0.05) is 0 Å². The summed E-state index contributed by atoms with van der Waals surface area (Å²) in [4.78, 5) is 13.7. The molecule has 0 aliphatic heterocycles. The molecule has 25 heavy (non-hydrogen) atoms. The van der Waals surface area contributed by atoms with E-state index in [2.05, 4.69) is 4.98 Å². The van der Waals surface area contributed by atoms with E-state index >= 15 is 0 Å². The van der Waals surface area contributed by atoms with Gasteiger partial charge in [0, 0.05) is 30.1 Å². The van der Waals surface area contributed by atoms with Gasteiger partial charge in [0.05, 0.1) is 29.5 Å². The van der Waals surface area contributed by atoms with E-state index < -0.39 is 0 Å². The first-order valence-electron chi connectivity index (χ1n) is 7.98. The fraction of sp³-hybridized carbons (Fsp3) is 0.211. The van der Waals surface area contributed by atoms with Crippen LogP contribution in [0.3, 0.4) is 0 Å². The van der Waals surface area contributed by atoms with Gasteiger partial charge in [-0.2, -0.15) is 0 Å². The van der Waals surface area contributed by atoms with E-state index in [1.807, 2.05) is 37.4 Å². The molecule has 0 fully saturated rings. The molecule has 4 aromatic rings. The smallest absolute Gasteiger partial charge is 0.150 e. The van der Waals surface area contributed by atoms with Crippen molar-refractivity contribution in [3.63, 3.8) is 0 Å². The lowest BCUT2D eigenvalue weighted by molar-refractivity contribution is 0.411. The molecular formula is C19H18N4O2. The van der Waals surface area contributed by atoms with Gasteiger partial charge in [0.1, 0.15) is 22.8 Å². The molecule has 6 heteroatoms. The number of phenols is 1. The van der Waals surface area contributed by atoms with E-state index in [0.29, 0.717) is 11.3 Å². The summed E-state index contributed by atoms with van der Waals surface area (Å²) in [5.74, 6) is 1.43. The zero-order valence-corrected chi connectivity index (χ0v) is 14.5. The summed E-state index contributed by atoms with van der Waals surface area (Å²) in [6.45, 7) is 5.95. The summed E-state index contributed by atoms with van der Waals surface area (Å²) in [6, 6.07) is 5.22. The molecular weight excluding hydrogens is 316 g/mol. The first-order valence-corrected chi connectivity index (χ1v) is 7.98. The van der Waals surface area contributed by atoms with Crippen LogP contribution in [0.2, 0.25) is 0 Å². The number of hydrogen-bond acceptors (Lipinski definition) is 5. The quantitative estimate of drug-likeness (QED) is 0.606. The van der Waals surface area contributed by atoms with Crippen molar-refractivity contribution in [1.82, 2.24) is 19.4 Å².